The lowest BCUT2D eigenvalue weighted by atomic mass is 9.86. The van der Waals surface area contributed by atoms with Crippen molar-refractivity contribution in [3.8, 4) is 5.75 Å². The molecule has 3 rings (SSSR count). The van der Waals surface area contributed by atoms with Crippen LogP contribution < -0.4 is 9.64 Å². The van der Waals surface area contributed by atoms with Gasteiger partial charge in [0.05, 0.1) is 5.60 Å². The molecular weight excluding hydrogens is 435 g/mol. The summed E-state index contributed by atoms with van der Waals surface area (Å²) in [5, 5.41) is 0. The summed E-state index contributed by atoms with van der Waals surface area (Å²) < 4.78 is 31.6. The molecule has 1 aliphatic rings. The van der Waals surface area contributed by atoms with Crippen LogP contribution in [0.3, 0.4) is 0 Å². The van der Waals surface area contributed by atoms with Gasteiger partial charge in [0, 0.05) is 65.1 Å². The van der Waals surface area contributed by atoms with Gasteiger partial charge in [-0.05, 0) is 48.2 Å². The summed E-state index contributed by atoms with van der Waals surface area (Å²) in [5.74, 6) is 0.110. The van der Waals surface area contributed by atoms with Crippen LogP contribution in [0.1, 0.15) is 50.7 Å². The van der Waals surface area contributed by atoms with Gasteiger partial charge in [-0.1, -0.05) is 26.0 Å². The van der Waals surface area contributed by atoms with Gasteiger partial charge in [0.2, 0.25) is 0 Å². The maximum absolute atomic E-state index is 14.4. The van der Waals surface area contributed by atoms with Crippen molar-refractivity contribution in [2.24, 2.45) is 0 Å². The van der Waals surface area contributed by atoms with Crippen molar-refractivity contribution in [1.29, 1.82) is 0 Å². The lowest BCUT2D eigenvalue weighted by Crippen LogP contribution is -2.42. The lowest BCUT2D eigenvalue weighted by Gasteiger charge is -2.36. The molecule has 2 aromatic rings. The van der Waals surface area contributed by atoms with Crippen LogP contribution in [0.5, 0.6) is 5.75 Å². The fraction of sp³-hybridized carbons (Fsp3) is 0.519. The first-order valence-electron chi connectivity index (χ1n) is 12.1. The van der Waals surface area contributed by atoms with E-state index in [0.29, 0.717) is 38.4 Å². The van der Waals surface area contributed by atoms with E-state index in [-0.39, 0.29) is 11.8 Å². The van der Waals surface area contributed by atoms with E-state index in [1.54, 1.807) is 19.1 Å². The Morgan fingerprint density at radius 2 is 1.71 bits per heavy atom. The highest BCUT2D eigenvalue weighted by atomic mass is 19.1. The molecule has 2 amide bonds. The molecule has 0 aromatic heterocycles. The first-order valence-corrected chi connectivity index (χ1v) is 12.1. The Labute approximate surface area is 202 Å². The van der Waals surface area contributed by atoms with Gasteiger partial charge in [-0.3, -0.25) is 4.90 Å². The summed E-state index contributed by atoms with van der Waals surface area (Å²) in [6.45, 7) is 7.10. The van der Waals surface area contributed by atoms with Crippen molar-refractivity contribution in [2.45, 2.75) is 51.7 Å². The van der Waals surface area contributed by atoms with E-state index in [1.807, 2.05) is 35.2 Å². The van der Waals surface area contributed by atoms with Crippen molar-refractivity contribution in [2.75, 3.05) is 45.4 Å². The second-order valence-corrected chi connectivity index (χ2v) is 8.77. The molecule has 1 saturated heterocycles. The summed E-state index contributed by atoms with van der Waals surface area (Å²) >= 11 is 0. The number of rotatable bonds is 10. The third kappa shape index (κ3) is 6.27. The summed E-state index contributed by atoms with van der Waals surface area (Å²) in [5.41, 5.74) is 1.97. The number of halogens is 1. The molecule has 0 radical (unpaired) electrons. The largest absolute Gasteiger partial charge is 0.489 e. The summed E-state index contributed by atoms with van der Waals surface area (Å²) in [7, 11) is 3.45. The molecular formula is C27H37FN2O4. The number of methoxy groups -OCH3 is 1. The van der Waals surface area contributed by atoms with Gasteiger partial charge in [0.15, 0.2) is 0 Å². The van der Waals surface area contributed by atoms with Gasteiger partial charge in [0.25, 0.3) is 0 Å². The highest BCUT2D eigenvalue weighted by Gasteiger charge is 2.35. The predicted octanol–water partition coefficient (Wildman–Crippen LogP) is 5.74. The Kier molecular flexibility index (Phi) is 9.30. The number of urea groups is 1. The molecule has 0 atom stereocenters. The number of benzene rings is 2. The predicted molar refractivity (Wildman–Crippen MR) is 132 cm³/mol. The standard InChI is InChI=1S/C27H37FN2O4/c1-5-13-30(14-6-2)26(31)29(3)24-9-7-21(8-10-24)20-34-25-18-22(17-23(28)19-25)27(32-4)11-15-33-16-12-27/h7-10,17-19H,5-6,11-16,20H2,1-4H3. The van der Waals surface area contributed by atoms with Crippen LogP contribution in [0.25, 0.3) is 0 Å². The molecule has 0 aliphatic carbocycles. The minimum Gasteiger partial charge on any atom is -0.489 e. The van der Waals surface area contributed by atoms with E-state index in [4.69, 9.17) is 14.2 Å². The van der Waals surface area contributed by atoms with E-state index in [1.165, 1.54) is 12.1 Å². The highest BCUT2D eigenvalue weighted by Crippen LogP contribution is 2.37. The van der Waals surface area contributed by atoms with Crippen molar-refractivity contribution in [1.82, 2.24) is 4.90 Å². The second-order valence-electron chi connectivity index (χ2n) is 8.77. The molecule has 0 N–H and O–H groups in total. The molecule has 2 aromatic carbocycles. The monoisotopic (exact) mass is 472 g/mol. The van der Waals surface area contributed by atoms with E-state index in [0.717, 1.165) is 42.7 Å². The van der Waals surface area contributed by atoms with Gasteiger partial charge in [-0.25, -0.2) is 9.18 Å². The zero-order valence-corrected chi connectivity index (χ0v) is 20.8. The van der Waals surface area contributed by atoms with Crippen molar-refractivity contribution >= 4 is 11.7 Å². The smallest absolute Gasteiger partial charge is 0.324 e. The lowest BCUT2D eigenvalue weighted by molar-refractivity contribution is -0.0950. The zero-order valence-electron chi connectivity index (χ0n) is 20.8. The van der Waals surface area contributed by atoms with Gasteiger partial charge < -0.3 is 19.1 Å². The summed E-state index contributed by atoms with van der Waals surface area (Å²) in [6, 6.07) is 12.4. The fourth-order valence-electron chi connectivity index (χ4n) is 4.37. The Balaban J connectivity index is 1.66. The average Bonchev–Trinajstić information content (AvgIpc) is 2.87. The fourth-order valence-corrected chi connectivity index (χ4v) is 4.37. The SMILES string of the molecule is CCCN(CCC)C(=O)N(C)c1ccc(COc2cc(F)cc(C3(OC)CCOCC3)c2)cc1. The van der Waals surface area contributed by atoms with Crippen LogP contribution in [0.2, 0.25) is 0 Å². The molecule has 6 nitrogen and oxygen atoms in total. The third-order valence-electron chi connectivity index (χ3n) is 6.36. The van der Waals surface area contributed by atoms with E-state index in [2.05, 4.69) is 13.8 Å². The first kappa shape index (κ1) is 26.0. The number of ether oxygens (including phenoxy) is 3. The average molecular weight is 473 g/mol. The number of amides is 2. The van der Waals surface area contributed by atoms with Crippen LogP contribution in [0.15, 0.2) is 42.5 Å². The quantitative estimate of drug-likeness (QED) is 0.443. The Hall–Kier alpha value is -2.64. The van der Waals surface area contributed by atoms with Crippen LogP contribution in [-0.4, -0.2) is 51.4 Å². The molecule has 0 unspecified atom stereocenters. The Bertz CT molecular complexity index is 923. The number of hydrogen-bond acceptors (Lipinski definition) is 4. The first-order chi connectivity index (χ1) is 16.4. The minimum atomic E-state index is -0.555. The minimum absolute atomic E-state index is 0.000162. The molecule has 1 heterocycles. The highest BCUT2D eigenvalue weighted by molar-refractivity contribution is 5.91. The molecule has 0 spiro atoms. The normalized spacial score (nSPS) is 15.1. The maximum Gasteiger partial charge on any atom is 0.324 e. The number of nitrogens with zero attached hydrogens (tertiary/aromatic N) is 2. The zero-order chi connectivity index (χ0) is 24.6. The molecule has 7 heteroatoms. The van der Waals surface area contributed by atoms with Crippen LogP contribution in [0.4, 0.5) is 14.9 Å². The van der Waals surface area contributed by atoms with Crippen LogP contribution in [-0.2, 0) is 21.7 Å². The molecule has 1 fully saturated rings. The molecule has 34 heavy (non-hydrogen) atoms. The van der Waals surface area contributed by atoms with Crippen molar-refractivity contribution < 1.29 is 23.4 Å². The molecule has 1 aliphatic heterocycles. The molecule has 0 saturated carbocycles. The van der Waals surface area contributed by atoms with E-state index < -0.39 is 5.60 Å². The number of carbonyl (C=O) groups is 1. The van der Waals surface area contributed by atoms with Crippen molar-refractivity contribution in [3.63, 3.8) is 0 Å². The van der Waals surface area contributed by atoms with Gasteiger partial charge >= 0.3 is 6.03 Å². The molecule has 0 bridgehead atoms. The van der Waals surface area contributed by atoms with Gasteiger partial charge in [-0.2, -0.15) is 0 Å². The Morgan fingerprint density at radius 3 is 2.29 bits per heavy atom. The topological polar surface area (TPSA) is 51.2 Å². The van der Waals surface area contributed by atoms with E-state index in [9.17, 15) is 9.18 Å². The van der Waals surface area contributed by atoms with E-state index >= 15 is 0 Å². The second kappa shape index (κ2) is 12.2. The van der Waals surface area contributed by atoms with Gasteiger partial charge in [0.1, 0.15) is 18.2 Å². The van der Waals surface area contributed by atoms with Crippen molar-refractivity contribution in [3.05, 3.63) is 59.4 Å². The third-order valence-corrected chi connectivity index (χ3v) is 6.36. The Morgan fingerprint density at radius 1 is 1.06 bits per heavy atom. The van der Waals surface area contributed by atoms with Gasteiger partial charge in [-0.15, -0.1) is 0 Å². The molecule has 186 valence electrons. The summed E-state index contributed by atoms with van der Waals surface area (Å²) in [4.78, 5) is 16.4. The summed E-state index contributed by atoms with van der Waals surface area (Å²) in [6.07, 6.45) is 3.20. The number of hydrogen-bond donors (Lipinski definition) is 0. The van der Waals surface area contributed by atoms with Crippen LogP contribution >= 0.6 is 0 Å². The maximum atomic E-state index is 14.4. The number of carbonyl (C=O) groups excluding carboxylic acids is 1. The number of anilines is 1. The van der Waals surface area contributed by atoms with Crippen LogP contribution in [0, 0.1) is 5.82 Å².